The summed E-state index contributed by atoms with van der Waals surface area (Å²) in [5.74, 6) is 1.11. The lowest BCUT2D eigenvalue weighted by Crippen LogP contribution is -2.64. The van der Waals surface area contributed by atoms with Gasteiger partial charge in [0.05, 0.1) is 6.61 Å². The first-order valence-corrected chi connectivity index (χ1v) is 11.5. The second kappa shape index (κ2) is 5.52. The summed E-state index contributed by atoms with van der Waals surface area (Å²) < 4.78 is 18.3. The van der Waals surface area contributed by atoms with Crippen molar-refractivity contribution >= 4 is 14.1 Å². The van der Waals surface area contributed by atoms with Crippen LogP contribution in [0.1, 0.15) is 38.5 Å². The fourth-order valence-corrected chi connectivity index (χ4v) is 5.03. The zero-order chi connectivity index (χ0) is 15.1. The molecule has 0 N–H and O–H groups in total. The number of allylic oxidation sites excluding steroid dienone is 1. The summed E-state index contributed by atoms with van der Waals surface area (Å²) in [6.07, 6.45) is 5.63. The average molecular weight is 310 g/mol. The lowest BCUT2D eigenvalue weighted by Gasteiger charge is -2.50. The summed E-state index contributed by atoms with van der Waals surface area (Å²) in [5.41, 5.74) is 0.577. The van der Waals surface area contributed by atoms with E-state index in [1.807, 2.05) is 0 Å². The minimum absolute atomic E-state index is 0.191. The van der Waals surface area contributed by atoms with E-state index >= 15 is 0 Å². The van der Waals surface area contributed by atoms with Gasteiger partial charge in [-0.2, -0.15) is 0 Å². The molecule has 21 heavy (non-hydrogen) atoms. The minimum Gasteiger partial charge on any atom is -0.493 e. The monoisotopic (exact) mass is 310 g/mol. The first kappa shape index (κ1) is 15.3. The van der Waals surface area contributed by atoms with Gasteiger partial charge in [0.1, 0.15) is 24.1 Å². The van der Waals surface area contributed by atoms with Gasteiger partial charge in [0.15, 0.2) is 14.1 Å². The molecule has 0 aromatic carbocycles. The van der Waals surface area contributed by atoms with Crippen molar-refractivity contribution in [3.63, 3.8) is 0 Å². The van der Waals surface area contributed by atoms with E-state index in [0.717, 1.165) is 25.0 Å². The van der Waals surface area contributed by atoms with Crippen LogP contribution in [0.15, 0.2) is 11.3 Å². The molecule has 0 spiro atoms. The Hall–Kier alpha value is -0.653. The van der Waals surface area contributed by atoms with E-state index in [-0.39, 0.29) is 11.9 Å². The van der Waals surface area contributed by atoms with Crippen LogP contribution in [0.2, 0.25) is 19.6 Å². The smallest absolute Gasteiger partial charge is 0.185 e. The average Bonchev–Trinajstić information content (AvgIpc) is 2.96. The summed E-state index contributed by atoms with van der Waals surface area (Å²) in [6, 6.07) is 0. The second-order valence-electron chi connectivity index (χ2n) is 7.30. The molecule has 0 amide bonds. The molecule has 5 heteroatoms. The van der Waals surface area contributed by atoms with Gasteiger partial charge in [-0.25, -0.2) is 0 Å². The van der Waals surface area contributed by atoms with Gasteiger partial charge >= 0.3 is 0 Å². The van der Waals surface area contributed by atoms with Crippen LogP contribution in [0.5, 0.6) is 0 Å². The van der Waals surface area contributed by atoms with Crippen LogP contribution in [0.25, 0.3) is 0 Å². The van der Waals surface area contributed by atoms with Crippen molar-refractivity contribution in [2.75, 3.05) is 13.2 Å². The number of rotatable bonds is 3. The molecular formula is C16H26O4Si. The summed E-state index contributed by atoms with van der Waals surface area (Å²) in [4.78, 5) is 12.4. The third kappa shape index (κ3) is 2.83. The van der Waals surface area contributed by atoms with Gasteiger partial charge in [-0.15, -0.1) is 0 Å². The maximum Gasteiger partial charge on any atom is 0.185 e. The van der Waals surface area contributed by atoms with Crippen LogP contribution in [0, 0.1) is 0 Å². The summed E-state index contributed by atoms with van der Waals surface area (Å²) in [6.45, 7) is 7.53. The van der Waals surface area contributed by atoms with E-state index in [4.69, 9.17) is 13.9 Å². The Kier molecular flexibility index (Phi) is 4.01. The number of ether oxygens (including phenoxy) is 2. The van der Waals surface area contributed by atoms with Crippen LogP contribution in [0.3, 0.4) is 0 Å². The van der Waals surface area contributed by atoms with Crippen LogP contribution in [-0.4, -0.2) is 39.0 Å². The Morgan fingerprint density at radius 1 is 1.14 bits per heavy atom. The molecule has 1 aliphatic heterocycles. The standard InChI is InChI=1S/C16H26O4Si/c1-21(2,3)20-16(9-8-13(16)17)15-14(18-10-11-19-15)12-6-4-5-7-12/h15H,4-11H2,1-3H3. The van der Waals surface area contributed by atoms with Gasteiger partial charge in [-0.3, -0.25) is 4.79 Å². The Labute approximate surface area is 128 Å². The van der Waals surface area contributed by atoms with E-state index in [0.29, 0.717) is 19.6 Å². The number of carbonyl (C=O) groups excluding carboxylic acids is 1. The molecule has 4 nitrogen and oxygen atoms in total. The molecule has 2 atom stereocenters. The van der Waals surface area contributed by atoms with Gasteiger partial charge in [-0.05, 0) is 57.3 Å². The van der Waals surface area contributed by atoms with E-state index in [9.17, 15) is 4.79 Å². The molecule has 1 saturated heterocycles. The van der Waals surface area contributed by atoms with Crippen LogP contribution < -0.4 is 0 Å². The lowest BCUT2D eigenvalue weighted by molar-refractivity contribution is -0.180. The molecule has 2 unspecified atom stereocenters. The lowest BCUT2D eigenvalue weighted by atomic mass is 9.73. The zero-order valence-electron chi connectivity index (χ0n) is 13.4. The molecule has 0 bridgehead atoms. The van der Waals surface area contributed by atoms with Crippen molar-refractivity contribution in [3.05, 3.63) is 11.3 Å². The molecule has 0 radical (unpaired) electrons. The minimum atomic E-state index is -1.84. The quantitative estimate of drug-likeness (QED) is 0.751. The topological polar surface area (TPSA) is 44.8 Å². The van der Waals surface area contributed by atoms with Crippen molar-refractivity contribution in [2.45, 2.75) is 69.9 Å². The van der Waals surface area contributed by atoms with Crippen molar-refractivity contribution < 1.29 is 18.7 Å². The fraction of sp³-hybridized carbons (Fsp3) is 0.812. The highest BCUT2D eigenvalue weighted by Gasteiger charge is 2.58. The SMILES string of the molecule is C[Si](C)(C)OC1(C2OCCOC2=C2CCCC2)CCC1=O. The number of hydrogen-bond acceptors (Lipinski definition) is 4. The van der Waals surface area contributed by atoms with Gasteiger partial charge in [0, 0.05) is 6.42 Å². The third-order valence-electron chi connectivity index (χ3n) is 4.53. The van der Waals surface area contributed by atoms with Crippen molar-refractivity contribution in [1.82, 2.24) is 0 Å². The molecule has 2 aliphatic carbocycles. The molecular weight excluding hydrogens is 284 g/mol. The van der Waals surface area contributed by atoms with Crippen molar-refractivity contribution in [2.24, 2.45) is 0 Å². The van der Waals surface area contributed by atoms with Gasteiger partial charge in [0.2, 0.25) is 0 Å². The molecule has 3 rings (SSSR count). The second-order valence-corrected chi connectivity index (χ2v) is 11.7. The molecule has 118 valence electrons. The highest BCUT2D eigenvalue weighted by atomic mass is 28.4. The van der Waals surface area contributed by atoms with Crippen LogP contribution in [0.4, 0.5) is 0 Å². The van der Waals surface area contributed by atoms with Crippen molar-refractivity contribution in [3.8, 4) is 0 Å². The van der Waals surface area contributed by atoms with Gasteiger partial charge in [0.25, 0.3) is 0 Å². The van der Waals surface area contributed by atoms with Crippen LogP contribution in [-0.2, 0) is 18.7 Å². The van der Waals surface area contributed by atoms with E-state index in [1.165, 1.54) is 18.4 Å². The number of ketones is 1. The van der Waals surface area contributed by atoms with Gasteiger partial charge < -0.3 is 13.9 Å². The maximum absolute atomic E-state index is 12.4. The molecule has 2 saturated carbocycles. The van der Waals surface area contributed by atoms with Crippen molar-refractivity contribution in [1.29, 1.82) is 0 Å². The molecule has 3 aliphatic rings. The highest BCUT2D eigenvalue weighted by Crippen LogP contribution is 2.45. The van der Waals surface area contributed by atoms with E-state index < -0.39 is 13.9 Å². The van der Waals surface area contributed by atoms with Gasteiger partial charge in [-0.1, -0.05) is 0 Å². The molecule has 0 aromatic heterocycles. The molecule has 3 fully saturated rings. The van der Waals surface area contributed by atoms with E-state index in [1.54, 1.807) is 0 Å². The number of carbonyl (C=O) groups is 1. The largest absolute Gasteiger partial charge is 0.493 e. The normalized spacial score (nSPS) is 33.9. The maximum atomic E-state index is 12.4. The molecule has 0 aromatic rings. The first-order chi connectivity index (χ1) is 9.92. The Morgan fingerprint density at radius 3 is 2.38 bits per heavy atom. The third-order valence-corrected chi connectivity index (χ3v) is 5.50. The predicted molar refractivity (Wildman–Crippen MR) is 82.6 cm³/mol. The summed E-state index contributed by atoms with van der Waals surface area (Å²) in [5, 5.41) is 0. The highest BCUT2D eigenvalue weighted by molar-refractivity contribution is 6.70. The summed E-state index contributed by atoms with van der Waals surface area (Å²) in [7, 11) is -1.84. The summed E-state index contributed by atoms with van der Waals surface area (Å²) >= 11 is 0. The van der Waals surface area contributed by atoms with E-state index in [2.05, 4.69) is 19.6 Å². The Bertz CT molecular complexity index is 457. The molecule has 1 heterocycles. The van der Waals surface area contributed by atoms with Crippen LogP contribution >= 0.6 is 0 Å². The fourth-order valence-electron chi connectivity index (χ4n) is 3.61. The predicted octanol–water partition coefficient (Wildman–Crippen LogP) is 3.18. The zero-order valence-corrected chi connectivity index (χ0v) is 14.4. The Balaban J connectivity index is 1.93. The Morgan fingerprint density at radius 2 is 1.86 bits per heavy atom. The first-order valence-electron chi connectivity index (χ1n) is 8.12. The number of Topliss-reactive ketones (excluding diaryl/α,β-unsaturated/α-hetero) is 1. The number of hydrogen-bond donors (Lipinski definition) is 0.